The van der Waals surface area contributed by atoms with Crippen LogP contribution in [-0.4, -0.2) is 9.52 Å². The molecule has 3 aromatic rings. The van der Waals surface area contributed by atoms with Crippen molar-refractivity contribution in [1.29, 1.82) is 0 Å². The Labute approximate surface area is 108 Å². The standard InChI is InChI=1S/C15H14SSi/c1-2-7-14(8-3-1)17-11-13-10-12-6-4-5-9-15(12)16-13/h1-10H,11,17H2. The minimum atomic E-state index is -0.145. The molecule has 0 atom stereocenters. The van der Waals surface area contributed by atoms with Gasteiger partial charge in [0.05, 0.1) is 9.52 Å². The molecule has 2 heteroatoms. The van der Waals surface area contributed by atoms with Gasteiger partial charge in [-0.1, -0.05) is 53.7 Å². The highest BCUT2D eigenvalue weighted by molar-refractivity contribution is 7.19. The van der Waals surface area contributed by atoms with Crippen molar-refractivity contribution in [3.05, 3.63) is 65.5 Å². The lowest BCUT2D eigenvalue weighted by Gasteiger charge is -1.97. The lowest BCUT2D eigenvalue weighted by molar-refractivity contribution is 1.51. The van der Waals surface area contributed by atoms with Crippen molar-refractivity contribution in [2.75, 3.05) is 0 Å². The highest BCUT2D eigenvalue weighted by Gasteiger charge is 2.01. The van der Waals surface area contributed by atoms with E-state index in [9.17, 15) is 0 Å². The van der Waals surface area contributed by atoms with Crippen LogP contribution in [0.25, 0.3) is 10.1 Å². The largest absolute Gasteiger partial charge is 0.141 e. The number of hydrogen-bond donors (Lipinski definition) is 0. The topological polar surface area (TPSA) is 0 Å². The van der Waals surface area contributed by atoms with Gasteiger partial charge in [0.1, 0.15) is 0 Å². The Morgan fingerprint density at radius 2 is 1.65 bits per heavy atom. The van der Waals surface area contributed by atoms with Crippen LogP contribution in [0, 0.1) is 0 Å². The Hall–Kier alpha value is -1.38. The van der Waals surface area contributed by atoms with Gasteiger partial charge in [-0.3, -0.25) is 0 Å². The zero-order valence-electron chi connectivity index (χ0n) is 9.60. The zero-order valence-corrected chi connectivity index (χ0v) is 11.8. The lowest BCUT2D eigenvalue weighted by Crippen LogP contribution is -2.15. The predicted molar refractivity (Wildman–Crippen MR) is 80.1 cm³/mol. The molecule has 0 bridgehead atoms. The minimum Gasteiger partial charge on any atom is -0.141 e. The van der Waals surface area contributed by atoms with Gasteiger partial charge in [0.15, 0.2) is 0 Å². The Morgan fingerprint density at radius 1 is 0.882 bits per heavy atom. The van der Waals surface area contributed by atoms with E-state index in [0.717, 1.165) is 0 Å². The number of thiophene rings is 1. The molecule has 0 N–H and O–H groups in total. The van der Waals surface area contributed by atoms with Crippen molar-refractivity contribution in [3.8, 4) is 0 Å². The zero-order chi connectivity index (χ0) is 11.5. The molecule has 0 aliphatic carbocycles. The molecule has 3 rings (SSSR count). The van der Waals surface area contributed by atoms with Gasteiger partial charge in [0.2, 0.25) is 0 Å². The fraction of sp³-hybridized carbons (Fsp3) is 0.0667. The molecule has 2 aromatic carbocycles. The smallest absolute Gasteiger partial charge is 0.0599 e. The summed E-state index contributed by atoms with van der Waals surface area (Å²) in [5.74, 6) is 0. The monoisotopic (exact) mass is 254 g/mol. The molecule has 0 unspecified atom stereocenters. The summed E-state index contributed by atoms with van der Waals surface area (Å²) in [6.45, 7) is 0. The van der Waals surface area contributed by atoms with E-state index in [-0.39, 0.29) is 9.52 Å². The summed E-state index contributed by atoms with van der Waals surface area (Å²) in [7, 11) is -0.145. The van der Waals surface area contributed by atoms with Crippen LogP contribution in [0.2, 0.25) is 0 Å². The van der Waals surface area contributed by atoms with Gasteiger partial charge in [-0.05, 0) is 23.6 Å². The first-order valence-corrected chi connectivity index (χ1v) is 8.45. The molecule has 0 saturated heterocycles. The van der Waals surface area contributed by atoms with Crippen molar-refractivity contribution in [1.82, 2.24) is 0 Å². The first kappa shape index (κ1) is 10.8. The third-order valence-corrected chi connectivity index (χ3v) is 6.36. The molecule has 17 heavy (non-hydrogen) atoms. The molecule has 0 aliphatic rings. The summed E-state index contributed by atoms with van der Waals surface area (Å²) < 4.78 is 1.42. The van der Waals surface area contributed by atoms with Gasteiger partial charge in [0.25, 0.3) is 0 Å². The minimum absolute atomic E-state index is 0.145. The summed E-state index contributed by atoms with van der Waals surface area (Å²) in [5, 5.41) is 2.96. The second kappa shape index (κ2) is 4.86. The summed E-state index contributed by atoms with van der Waals surface area (Å²) in [6, 6.07) is 23.2. The van der Waals surface area contributed by atoms with E-state index in [1.54, 1.807) is 10.1 Å². The maximum atomic E-state index is 2.36. The Kier molecular flexibility index (Phi) is 3.07. The molecular formula is C15H14SSi. The second-order valence-corrected chi connectivity index (χ2v) is 7.22. The summed E-state index contributed by atoms with van der Waals surface area (Å²) in [6.07, 6.45) is 0. The molecule has 1 heterocycles. The second-order valence-electron chi connectivity index (χ2n) is 4.24. The van der Waals surface area contributed by atoms with Gasteiger partial charge in [0, 0.05) is 9.58 Å². The predicted octanol–water partition coefficient (Wildman–Crippen LogP) is 2.90. The molecule has 0 amide bonds. The fourth-order valence-corrected chi connectivity index (χ4v) is 4.93. The van der Waals surface area contributed by atoms with E-state index >= 15 is 0 Å². The van der Waals surface area contributed by atoms with Crippen molar-refractivity contribution < 1.29 is 0 Å². The SMILES string of the molecule is c1ccc([SiH2]Cc2cc3ccccc3s2)cc1. The molecule has 0 fully saturated rings. The van der Waals surface area contributed by atoms with Gasteiger partial charge in [-0.25, -0.2) is 0 Å². The van der Waals surface area contributed by atoms with E-state index < -0.39 is 0 Å². The van der Waals surface area contributed by atoms with E-state index in [1.807, 2.05) is 11.3 Å². The normalized spacial score (nSPS) is 11.5. The highest BCUT2D eigenvalue weighted by Crippen LogP contribution is 2.25. The average Bonchev–Trinajstić information content (AvgIpc) is 2.80. The Bertz CT molecular complexity index is 580. The summed E-state index contributed by atoms with van der Waals surface area (Å²) >= 11 is 1.95. The van der Waals surface area contributed by atoms with Gasteiger partial charge < -0.3 is 0 Å². The van der Waals surface area contributed by atoms with Crippen LogP contribution in [0.3, 0.4) is 0 Å². The molecule has 0 aliphatic heterocycles. The first-order valence-electron chi connectivity index (χ1n) is 5.93. The van der Waals surface area contributed by atoms with E-state index in [1.165, 1.54) is 16.1 Å². The molecular weight excluding hydrogens is 240 g/mol. The molecule has 0 radical (unpaired) electrons. The Balaban J connectivity index is 1.77. The van der Waals surface area contributed by atoms with Gasteiger partial charge >= 0.3 is 0 Å². The third kappa shape index (κ3) is 2.48. The number of benzene rings is 2. The van der Waals surface area contributed by atoms with Gasteiger partial charge in [-0.15, -0.1) is 11.3 Å². The van der Waals surface area contributed by atoms with Crippen LogP contribution >= 0.6 is 11.3 Å². The average molecular weight is 254 g/mol. The molecule has 0 saturated carbocycles. The first-order chi connectivity index (χ1) is 8.42. The van der Waals surface area contributed by atoms with Gasteiger partial charge in [-0.2, -0.15) is 0 Å². The maximum Gasteiger partial charge on any atom is 0.0599 e. The third-order valence-electron chi connectivity index (χ3n) is 2.98. The molecule has 1 aromatic heterocycles. The Morgan fingerprint density at radius 3 is 2.47 bits per heavy atom. The van der Waals surface area contributed by atoms with Crippen LogP contribution in [-0.2, 0) is 6.04 Å². The summed E-state index contributed by atoms with van der Waals surface area (Å²) in [5.41, 5.74) is 0. The van der Waals surface area contributed by atoms with Crippen molar-refractivity contribution in [2.45, 2.75) is 6.04 Å². The number of hydrogen-bond acceptors (Lipinski definition) is 1. The van der Waals surface area contributed by atoms with E-state index in [4.69, 9.17) is 0 Å². The maximum absolute atomic E-state index is 2.36. The molecule has 84 valence electrons. The number of fused-ring (bicyclic) bond motifs is 1. The van der Waals surface area contributed by atoms with E-state index in [2.05, 4.69) is 60.7 Å². The fourth-order valence-electron chi connectivity index (χ4n) is 2.07. The lowest BCUT2D eigenvalue weighted by atomic mass is 10.2. The van der Waals surface area contributed by atoms with Crippen LogP contribution in [0.15, 0.2) is 60.7 Å². The van der Waals surface area contributed by atoms with Crippen molar-refractivity contribution in [3.63, 3.8) is 0 Å². The highest BCUT2D eigenvalue weighted by atomic mass is 32.1. The van der Waals surface area contributed by atoms with Crippen LogP contribution in [0.5, 0.6) is 0 Å². The molecule has 0 spiro atoms. The quantitative estimate of drug-likeness (QED) is 0.631. The summed E-state index contributed by atoms with van der Waals surface area (Å²) in [4.78, 5) is 1.54. The molecule has 0 nitrogen and oxygen atoms in total. The number of rotatable bonds is 3. The van der Waals surface area contributed by atoms with Crippen molar-refractivity contribution >= 4 is 36.1 Å². The van der Waals surface area contributed by atoms with E-state index in [0.29, 0.717) is 0 Å². The van der Waals surface area contributed by atoms with Crippen LogP contribution < -0.4 is 5.19 Å². The van der Waals surface area contributed by atoms with Crippen LogP contribution in [0.1, 0.15) is 4.88 Å². The van der Waals surface area contributed by atoms with Crippen molar-refractivity contribution in [2.24, 2.45) is 0 Å². The van der Waals surface area contributed by atoms with Crippen LogP contribution in [0.4, 0.5) is 0 Å².